The molecule has 1 aliphatic heterocycles. The Bertz CT molecular complexity index is 687. The molecule has 0 aliphatic carbocycles. The van der Waals surface area contributed by atoms with Crippen molar-refractivity contribution in [1.29, 1.82) is 0 Å². The van der Waals surface area contributed by atoms with Crippen molar-refractivity contribution in [3.63, 3.8) is 0 Å². The summed E-state index contributed by atoms with van der Waals surface area (Å²) in [7, 11) is 0. The minimum absolute atomic E-state index is 0.285. The third-order valence-corrected chi connectivity index (χ3v) is 4.27. The molecular formula is C21H25NO3. The van der Waals surface area contributed by atoms with Crippen LogP contribution in [0.1, 0.15) is 24.0 Å². The van der Waals surface area contributed by atoms with Crippen LogP contribution in [0, 0.1) is 0 Å². The average molecular weight is 339 g/mol. The molecule has 2 aromatic carbocycles. The van der Waals surface area contributed by atoms with Gasteiger partial charge in [-0.05, 0) is 36.1 Å². The van der Waals surface area contributed by atoms with Crippen LogP contribution in [0.5, 0.6) is 11.5 Å². The van der Waals surface area contributed by atoms with Gasteiger partial charge in [0.25, 0.3) is 0 Å². The number of fused-ring (bicyclic) bond motifs is 1. The van der Waals surface area contributed by atoms with Gasteiger partial charge in [-0.1, -0.05) is 42.5 Å². The molecule has 0 saturated heterocycles. The number of allylic oxidation sites excluding steroid dienone is 1. The highest BCUT2D eigenvalue weighted by Gasteiger charge is 2.16. The molecule has 4 heteroatoms. The van der Waals surface area contributed by atoms with Gasteiger partial charge >= 0.3 is 0 Å². The first-order chi connectivity index (χ1) is 12.2. The smallest absolute Gasteiger partial charge is 0.231 e. The maximum absolute atomic E-state index is 10.3. The predicted octanol–water partition coefficient (Wildman–Crippen LogP) is 3.74. The molecule has 1 atom stereocenters. The second-order valence-corrected chi connectivity index (χ2v) is 6.36. The monoisotopic (exact) mass is 339 g/mol. The molecule has 0 radical (unpaired) electrons. The fourth-order valence-corrected chi connectivity index (χ4v) is 3.02. The number of hydrogen-bond acceptors (Lipinski definition) is 4. The van der Waals surface area contributed by atoms with Gasteiger partial charge < -0.3 is 14.6 Å². The van der Waals surface area contributed by atoms with Crippen molar-refractivity contribution in [1.82, 2.24) is 4.90 Å². The number of benzene rings is 2. The van der Waals surface area contributed by atoms with Crippen molar-refractivity contribution in [3.8, 4) is 11.5 Å². The van der Waals surface area contributed by atoms with E-state index >= 15 is 0 Å². The van der Waals surface area contributed by atoms with E-state index < -0.39 is 0 Å². The zero-order valence-corrected chi connectivity index (χ0v) is 14.4. The molecule has 1 aliphatic rings. The average Bonchev–Trinajstić information content (AvgIpc) is 3.08. The maximum Gasteiger partial charge on any atom is 0.231 e. The quantitative estimate of drug-likeness (QED) is 0.707. The Morgan fingerprint density at radius 3 is 2.60 bits per heavy atom. The molecule has 0 fully saturated rings. The summed E-state index contributed by atoms with van der Waals surface area (Å²) in [5, 5.41) is 10.3. The highest BCUT2D eigenvalue weighted by atomic mass is 16.7. The minimum atomic E-state index is -0.365. The van der Waals surface area contributed by atoms with Gasteiger partial charge in [0.05, 0.1) is 6.10 Å². The largest absolute Gasteiger partial charge is 0.454 e. The zero-order chi connectivity index (χ0) is 17.5. The third-order valence-electron chi connectivity index (χ3n) is 4.27. The van der Waals surface area contributed by atoms with E-state index in [9.17, 15) is 5.11 Å². The predicted molar refractivity (Wildman–Crippen MR) is 98.6 cm³/mol. The Balaban J connectivity index is 1.69. The van der Waals surface area contributed by atoms with Crippen LogP contribution in [0.15, 0.2) is 61.2 Å². The number of aliphatic hydroxyl groups is 1. The van der Waals surface area contributed by atoms with E-state index in [1.165, 1.54) is 5.56 Å². The lowest BCUT2D eigenvalue weighted by Gasteiger charge is -2.25. The SMILES string of the molecule is C=CCC[C@@H](O)CN(Cc1ccccc1)Cc1ccc2c(c1)OCO2. The molecule has 25 heavy (non-hydrogen) atoms. The second kappa shape index (κ2) is 8.70. The van der Waals surface area contributed by atoms with Crippen LogP contribution in [-0.4, -0.2) is 29.4 Å². The minimum Gasteiger partial charge on any atom is -0.454 e. The fourth-order valence-electron chi connectivity index (χ4n) is 3.02. The number of rotatable bonds is 9. The van der Waals surface area contributed by atoms with E-state index in [1.54, 1.807) is 0 Å². The second-order valence-electron chi connectivity index (χ2n) is 6.36. The highest BCUT2D eigenvalue weighted by Crippen LogP contribution is 2.33. The lowest BCUT2D eigenvalue weighted by molar-refractivity contribution is 0.0984. The van der Waals surface area contributed by atoms with Crippen LogP contribution >= 0.6 is 0 Å². The maximum atomic E-state index is 10.3. The molecule has 0 spiro atoms. The Hall–Kier alpha value is -2.30. The number of aliphatic hydroxyl groups excluding tert-OH is 1. The van der Waals surface area contributed by atoms with Gasteiger partial charge in [-0.2, -0.15) is 0 Å². The lowest BCUT2D eigenvalue weighted by atomic mass is 10.1. The third kappa shape index (κ3) is 5.08. The van der Waals surface area contributed by atoms with Crippen LogP contribution < -0.4 is 9.47 Å². The molecule has 0 unspecified atom stereocenters. The van der Waals surface area contributed by atoms with Crippen molar-refractivity contribution in [2.24, 2.45) is 0 Å². The molecule has 2 aromatic rings. The molecule has 0 bridgehead atoms. The first-order valence-electron chi connectivity index (χ1n) is 8.68. The van der Waals surface area contributed by atoms with Gasteiger partial charge in [-0.3, -0.25) is 4.90 Å². The van der Waals surface area contributed by atoms with Crippen molar-refractivity contribution < 1.29 is 14.6 Å². The number of hydrogen-bond donors (Lipinski definition) is 1. The zero-order valence-electron chi connectivity index (χ0n) is 14.4. The molecule has 0 aromatic heterocycles. The van der Waals surface area contributed by atoms with Gasteiger partial charge in [0.15, 0.2) is 11.5 Å². The summed E-state index contributed by atoms with van der Waals surface area (Å²) in [5.41, 5.74) is 2.38. The van der Waals surface area contributed by atoms with E-state index in [0.717, 1.165) is 43.0 Å². The topological polar surface area (TPSA) is 41.9 Å². The molecule has 1 heterocycles. The lowest BCUT2D eigenvalue weighted by Crippen LogP contribution is -2.31. The van der Waals surface area contributed by atoms with E-state index in [-0.39, 0.29) is 12.9 Å². The Morgan fingerprint density at radius 2 is 1.80 bits per heavy atom. The normalized spacial score (nSPS) is 13.8. The van der Waals surface area contributed by atoms with E-state index in [2.05, 4.69) is 29.7 Å². The molecular weight excluding hydrogens is 314 g/mol. The Morgan fingerprint density at radius 1 is 1.04 bits per heavy atom. The molecule has 0 saturated carbocycles. The van der Waals surface area contributed by atoms with Gasteiger partial charge in [-0.15, -0.1) is 6.58 Å². The summed E-state index contributed by atoms with van der Waals surface area (Å²) in [6, 6.07) is 16.4. The van der Waals surface area contributed by atoms with Gasteiger partial charge in [0.2, 0.25) is 6.79 Å². The number of nitrogens with zero attached hydrogens (tertiary/aromatic N) is 1. The van der Waals surface area contributed by atoms with Crippen LogP contribution in [0.2, 0.25) is 0 Å². The summed E-state index contributed by atoms with van der Waals surface area (Å²) in [6.45, 7) is 6.18. The van der Waals surface area contributed by atoms with Crippen molar-refractivity contribution >= 4 is 0 Å². The van der Waals surface area contributed by atoms with E-state index in [4.69, 9.17) is 9.47 Å². The van der Waals surface area contributed by atoms with Crippen LogP contribution in [0.4, 0.5) is 0 Å². The standard InChI is InChI=1S/C21H25NO3/c1-2-3-9-19(23)15-22(13-17-7-5-4-6-8-17)14-18-10-11-20-21(12-18)25-16-24-20/h2,4-8,10-12,19,23H,1,3,9,13-16H2/t19-/m1/s1. The Kier molecular flexibility index (Phi) is 6.09. The number of ether oxygens (including phenoxy) is 2. The van der Waals surface area contributed by atoms with Crippen molar-refractivity contribution in [3.05, 3.63) is 72.3 Å². The molecule has 4 nitrogen and oxygen atoms in total. The van der Waals surface area contributed by atoms with Gasteiger partial charge in [0.1, 0.15) is 0 Å². The molecule has 0 amide bonds. The first-order valence-corrected chi connectivity index (χ1v) is 8.68. The van der Waals surface area contributed by atoms with Crippen molar-refractivity contribution in [2.75, 3.05) is 13.3 Å². The van der Waals surface area contributed by atoms with E-state index in [0.29, 0.717) is 6.54 Å². The Labute approximate surface area is 149 Å². The molecule has 3 rings (SSSR count). The van der Waals surface area contributed by atoms with Gasteiger partial charge in [0, 0.05) is 19.6 Å². The highest BCUT2D eigenvalue weighted by molar-refractivity contribution is 5.44. The summed E-state index contributed by atoms with van der Waals surface area (Å²) in [4.78, 5) is 2.26. The van der Waals surface area contributed by atoms with Crippen LogP contribution in [0.3, 0.4) is 0 Å². The summed E-state index contributed by atoms with van der Waals surface area (Å²) in [5.74, 6) is 1.59. The van der Waals surface area contributed by atoms with Crippen LogP contribution in [0.25, 0.3) is 0 Å². The van der Waals surface area contributed by atoms with Crippen LogP contribution in [-0.2, 0) is 13.1 Å². The van der Waals surface area contributed by atoms with E-state index in [1.807, 2.05) is 36.4 Å². The van der Waals surface area contributed by atoms with Crippen molar-refractivity contribution in [2.45, 2.75) is 32.0 Å². The summed E-state index contributed by atoms with van der Waals surface area (Å²) in [6.07, 6.45) is 3.04. The fraction of sp³-hybridized carbons (Fsp3) is 0.333. The summed E-state index contributed by atoms with van der Waals surface area (Å²) < 4.78 is 10.8. The first kappa shape index (κ1) is 17.5. The summed E-state index contributed by atoms with van der Waals surface area (Å²) >= 11 is 0. The molecule has 132 valence electrons. The molecule has 1 N–H and O–H groups in total. The van der Waals surface area contributed by atoms with Gasteiger partial charge in [-0.25, -0.2) is 0 Å².